The molecule has 3 saturated heterocycles. The molecule has 3 fully saturated rings. The summed E-state index contributed by atoms with van der Waals surface area (Å²) in [6.07, 6.45) is 7.95. The molecule has 0 spiro atoms. The second-order valence-electron chi connectivity index (χ2n) is 20.4. The zero-order valence-corrected chi connectivity index (χ0v) is 44.9. The minimum absolute atomic E-state index is 0.0184. The summed E-state index contributed by atoms with van der Waals surface area (Å²) in [5.41, 5.74) is 17.4. The number of anilines is 4. The van der Waals surface area contributed by atoms with Crippen LogP contribution in [0.3, 0.4) is 0 Å². The molecule has 1 unspecified atom stereocenters. The number of nitrogen functional groups attached to an aromatic ring is 1. The van der Waals surface area contributed by atoms with Gasteiger partial charge in [-0.3, -0.25) is 24.6 Å². The lowest BCUT2D eigenvalue weighted by molar-refractivity contribution is -0.127. The van der Waals surface area contributed by atoms with Gasteiger partial charge >= 0.3 is 5.91 Å². The maximum atomic E-state index is 13.8. The Hall–Kier alpha value is -7.43. The summed E-state index contributed by atoms with van der Waals surface area (Å²) in [7, 11) is 0. The highest BCUT2D eigenvalue weighted by Crippen LogP contribution is 2.36. The van der Waals surface area contributed by atoms with Crippen molar-refractivity contribution in [3.63, 3.8) is 0 Å². The zero-order chi connectivity index (χ0) is 52.6. The number of aryl methyl sites for hydroxylation is 1. The number of hydrazone groups is 2. The van der Waals surface area contributed by atoms with E-state index in [2.05, 4.69) is 74.9 Å². The molecule has 18 nitrogen and oxygen atoms in total. The Morgan fingerprint density at radius 3 is 2.42 bits per heavy atom. The number of pyridine rings is 1. The number of rotatable bonds is 15. The first kappa shape index (κ1) is 50.4. The number of benzene rings is 3. The highest BCUT2D eigenvalue weighted by atomic mass is 32.1. The fourth-order valence-electron chi connectivity index (χ4n) is 11.0. The van der Waals surface area contributed by atoms with Crippen LogP contribution < -0.4 is 42.3 Å². The third-order valence-electron chi connectivity index (χ3n) is 15.2. The summed E-state index contributed by atoms with van der Waals surface area (Å²) in [5.74, 6) is -1.06. The van der Waals surface area contributed by atoms with Crippen molar-refractivity contribution in [3.8, 4) is 11.3 Å². The van der Waals surface area contributed by atoms with Gasteiger partial charge in [-0.1, -0.05) is 78.1 Å². The van der Waals surface area contributed by atoms with Crippen LogP contribution in [0.4, 0.5) is 21.6 Å². The van der Waals surface area contributed by atoms with Crippen LogP contribution >= 0.6 is 34.0 Å². The van der Waals surface area contributed by atoms with E-state index in [4.69, 9.17) is 10.7 Å². The van der Waals surface area contributed by atoms with Crippen LogP contribution in [-0.2, 0) is 22.4 Å². The molecule has 21 heteroatoms. The van der Waals surface area contributed by atoms with Gasteiger partial charge in [-0.2, -0.15) is 15.2 Å². The van der Waals surface area contributed by atoms with E-state index in [1.807, 2.05) is 85.1 Å². The third-order valence-corrected chi connectivity index (χ3v) is 18.1. The van der Waals surface area contributed by atoms with Gasteiger partial charge in [0.15, 0.2) is 5.71 Å². The highest BCUT2D eigenvalue weighted by molar-refractivity contribution is 7.21. The van der Waals surface area contributed by atoms with Crippen molar-refractivity contribution in [1.29, 1.82) is 0 Å². The topological polar surface area (TPSA) is 228 Å². The Kier molecular flexibility index (Phi) is 14.3. The molecule has 7 aromatic rings. The Labute approximate surface area is 457 Å². The number of nitrogens with one attached hydrogen (secondary N) is 5. The maximum Gasteiger partial charge on any atom is 0.303 e. The number of carbonyl (C=O) groups is 4. The predicted octanol–water partition coefficient (Wildman–Crippen LogP) is 7.22. The molecule has 77 heavy (non-hydrogen) atoms. The van der Waals surface area contributed by atoms with Crippen LogP contribution in [0.5, 0.6) is 0 Å². The number of carbonyl (C=O) groups excluding carboxylic acids is 4. The average Bonchev–Trinajstić information content (AvgIpc) is 4.33. The summed E-state index contributed by atoms with van der Waals surface area (Å²) in [6, 6.07) is 30.5. The van der Waals surface area contributed by atoms with E-state index in [0.717, 1.165) is 60.3 Å². The number of thiazole rings is 2. The number of nitrogens with two attached hydrogens (primary N) is 1. The van der Waals surface area contributed by atoms with Crippen LogP contribution in [-0.4, -0.2) is 112 Å². The van der Waals surface area contributed by atoms with E-state index in [1.54, 1.807) is 0 Å². The standard InChI is InChI=1S/C56H58N14O4S3/c1-32(43-19-18-42-46(57)49(77-53(42)63-43)52(73)62-38-14-12-37-27-41(17-13-36(37)26-38)69-29-39-15-16-40(30-69)61-39)60-50(71)35-20-23-68(24-21-35)25-22-58-51(72)45-28-59-55(76-45)66-65-48-47(34-10-6-3-7-11-34)67-70(54(48)74)56-64-44(31-75-56)33-8-4-2-5-9-33/h2-11,13,17-19,27-28,31-32,35,38-40,61H,12,14-16,20-26,29-30,57H2,1H3,(H,58,72)(H,59,66)(H,60,71)(H,62,73)/b65-48+/t32?,38-,39-,40+/m0/s1. The Morgan fingerprint density at radius 1 is 0.870 bits per heavy atom. The molecule has 4 amide bonds. The molecule has 3 aromatic carbocycles. The van der Waals surface area contributed by atoms with Gasteiger partial charge in [0.1, 0.15) is 20.3 Å². The third kappa shape index (κ3) is 10.8. The molecule has 4 aliphatic heterocycles. The molecule has 4 aromatic heterocycles. The van der Waals surface area contributed by atoms with Crippen molar-refractivity contribution in [1.82, 2.24) is 41.1 Å². The molecule has 394 valence electrons. The van der Waals surface area contributed by atoms with Crippen molar-refractivity contribution in [2.45, 2.75) is 76.0 Å². The smallest absolute Gasteiger partial charge is 0.303 e. The summed E-state index contributed by atoms with van der Waals surface area (Å²) in [4.78, 5) is 74.5. The SMILES string of the molecule is CC(NC(=O)C1CCN(CCNC(=O)c2cnc(N/N=C3/C(=O)N(c4nc(-c5ccccc5)cs4)N=C3c3ccccc3)s2)CC1)c1ccc2c(N)c(C(=O)N[C@H]3CCc4cc(N5C[C@H]6CC[C@@H](C5)N6)ccc4C3)sc2n1. The molecule has 0 radical (unpaired) electrons. The monoisotopic (exact) mass is 1090 g/mol. The minimum atomic E-state index is -0.445. The summed E-state index contributed by atoms with van der Waals surface area (Å²) in [6.45, 7) is 6.52. The first-order valence-corrected chi connectivity index (χ1v) is 28.8. The number of amides is 4. The van der Waals surface area contributed by atoms with Crippen LogP contribution in [0.15, 0.2) is 113 Å². The molecule has 0 saturated carbocycles. The van der Waals surface area contributed by atoms with Gasteiger partial charge < -0.3 is 36.8 Å². The van der Waals surface area contributed by atoms with Crippen molar-refractivity contribution in [2.75, 3.05) is 60.3 Å². The number of nitrogens with zero attached hydrogens (tertiary/aromatic N) is 8. The molecule has 4 atom stereocenters. The lowest BCUT2D eigenvalue weighted by Crippen LogP contribution is -2.51. The van der Waals surface area contributed by atoms with Crippen LogP contribution in [0.25, 0.3) is 21.5 Å². The quantitative estimate of drug-likeness (QED) is 0.0560. The van der Waals surface area contributed by atoms with Crippen LogP contribution in [0.1, 0.15) is 86.8 Å². The van der Waals surface area contributed by atoms with Gasteiger partial charge in [0.25, 0.3) is 11.8 Å². The van der Waals surface area contributed by atoms with Gasteiger partial charge in [0.05, 0.1) is 29.3 Å². The molecule has 12 rings (SSSR count). The first-order valence-electron chi connectivity index (χ1n) is 26.3. The van der Waals surface area contributed by atoms with Gasteiger partial charge in [-0.25, -0.2) is 15.0 Å². The summed E-state index contributed by atoms with van der Waals surface area (Å²) >= 11 is 3.73. The van der Waals surface area contributed by atoms with E-state index in [1.165, 1.54) is 63.5 Å². The number of likely N-dealkylation sites (tertiary alicyclic amines) is 1. The lowest BCUT2D eigenvalue weighted by Gasteiger charge is -2.35. The number of piperidine rings is 1. The number of aromatic nitrogens is 3. The van der Waals surface area contributed by atoms with Gasteiger partial charge in [-0.05, 0) is 100 Å². The van der Waals surface area contributed by atoms with Gasteiger partial charge in [0, 0.05) is 77.8 Å². The molecule has 2 bridgehead atoms. The molecule has 1 aliphatic carbocycles. The Bertz CT molecular complexity index is 3410. The number of fused-ring (bicyclic) bond motifs is 4. The number of hydrogen-bond acceptors (Lipinski definition) is 17. The van der Waals surface area contributed by atoms with Crippen LogP contribution in [0, 0.1) is 5.92 Å². The maximum absolute atomic E-state index is 13.8. The lowest BCUT2D eigenvalue weighted by atomic mass is 9.87. The second-order valence-corrected chi connectivity index (χ2v) is 23.2. The summed E-state index contributed by atoms with van der Waals surface area (Å²) < 4.78 is 0. The molecular weight excluding hydrogens is 1030 g/mol. The van der Waals surface area contributed by atoms with E-state index in [0.29, 0.717) is 98.6 Å². The van der Waals surface area contributed by atoms with Gasteiger partial charge in [0.2, 0.25) is 16.2 Å². The Morgan fingerprint density at radius 2 is 1.64 bits per heavy atom. The molecule has 5 aliphatic rings. The normalized spacial score (nSPS) is 20.5. The molecular formula is C56H58N14O4S3. The largest absolute Gasteiger partial charge is 0.397 e. The predicted molar refractivity (Wildman–Crippen MR) is 305 cm³/mol. The highest BCUT2D eigenvalue weighted by Gasteiger charge is 2.37. The number of hydrogen-bond donors (Lipinski definition) is 6. The Balaban J connectivity index is 0.589. The minimum Gasteiger partial charge on any atom is -0.397 e. The van der Waals surface area contributed by atoms with Crippen molar-refractivity contribution in [2.24, 2.45) is 16.1 Å². The van der Waals surface area contributed by atoms with Crippen molar-refractivity contribution in [3.05, 3.63) is 135 Å². The zero-order valence-electron chi connectivity index (χ0n) is 42.4. The van der Waals surface area contributed by atoms with E-state index in [-0.39, 0.29) is 41.4 Å². The van der Waals surface area contributed by atoms with Crippen molar-refractivity contribution < 1.29 is 19.2 Å². The van der Waals surface area contributed by atoms with Gasteiger partial charge in [-0.15, -0.1) is 22.7 Å². The molecule has 8 heterocycles. The second kappa shape index (κ2) is 21.9. The fourth-order valence-corrected chi connectivity index (χ4v) is 13.5. The van der Waals surface area contributed by atoms with E-state index >= 15 is 0 Å². The van der Waals surface area contributed by atoms with Crippen molar-refractivity contribution >= 4 is 101 Å². The fraction of sp³-hybridized carbons (Fsp3) is 0.339. The first-order chi connectivity index (χ1) is 37.6. The molecule has 7 N–H and O–H groups in total. The van der Waals surface area contributed by atoms with E-state index in [9.17, 15) is 19.2 Å². The number of thiophene rings is 1. The van der Waals surface area contributed by atoms with E-state index < -0.39 is 5.91 Å². The summed E-state index contributed by atoms with van der Waals surface area (Å²) in [5, 5.41) is 26.9. The average molecular weight is 1090 g/mol. The van der Waals surface area contributed by atoms with Crippen LogP contribution in [0.2, 0.25) is 0 Å². The number of piperazine rings is 1.